The zero-order valence-corrected chi connectivity index (χ0v) is 8.19. The lowest BCUT2D eigenvalue weighted by Crippen LogP contribution is -2.22. The number of rotatable bonds is 1. The molecular weight excluding hydrogens is 208 g/mol. The summed E-state index contributed by atoms with van der Waals surface area (Å²) in [7, 11) is -2.18. The molecule has 0 saturated carbocycles. The van der Waals surface area contributed by atoms with Crippen molar-refractivity contribution in [2.75, 3.05) is 11.5 Å². The Bertz CT molecular complexity index is 447. The summed E-state index contributed by atoms with van der Waals surface area (Å²) in [5.74, 6) is -0.312. The highest BCUT2D eigenvalue weighted by Gasteiger charge is 2.19. The molecule has 2 nitrogen and oxygen atoms in total. The van der Waals surface area contributed by atoms with Crippen LogP contribution in [0.2, 0.25) is 0 Å². The molecular formula is C9H9F2NOS. The molecule has 0 N–H and O–H groups in total. The van der Waals surface area contributed by atoms with Gasteiger partial charge in [-0.1, -0.05) is 0 Å². The summed E-state index contributed by atoms with van der Waals surface area (Å²) in [5, 5.41) is 0. The molecule has 1 heterocycles. The summed E-state index contributed by atoms with van der Waals surface area (Å²) >= 11 is 0. The van der Waals surface area contributed by atoms with Gasteiger partial charge in [0.15, 0.2) is 0 Å². The molecule has 1 saturated heterocycles. The highest BCUT2D eigenvalue weighted by atomic mass is 32.2. The molecule has 1 aromatic rings. The first-order chi connectivity index (χ1) is 6.57. The van der Waals surface area contributed by atoms with Gasteiger partial charge in [0.05, 0.1) is 15.4 Å². The Morgan fingerprint density at radius 1 is 1.14 bits per heavy atom. The van der Waals surface area contributed by atoms with Gasteiger partial charge >= 0.3 is 0 Å². The van der Waals surface area contributed by atoms with Gasteiger partial charge < -0.3 is 0 Å². The first-order valence-electron chi connectivity index (χ1n) is 4.26. The zero-order valence-electron chi connectivity index (χ0n) is 7.37. The van der Waals surface area contributed by atoms with Crippen molar-refractivity contribution in [3.8, 4) is 0 Å². The SMILES string of the molecule is O=S1(=Nc2cc(F)cc(F)c2)CCC1. The average Bonchev–Trinajstić information content (AvgIpc) is 1.99. The lowest BCUT2D eigenvalue weighted by atomic mass is 10.3. The van der Waals surface area contributed by atoms with Crippen molar-refractivity contribution in [2.24, 2.45) is 4.36 Å². The van der Waals surface area contributed by atoms with Gasteiger partial charge in [-0.05, 0) is 6.42 Å². The minimum absolute atomic E-state index is 0.132. The van der Waals surface area contributed by atoms with Crippen LogP contribution in [0, 0.1) is 11.6 Å². The fourth-order valence-electron chi connectivity index (χ4n) is 1.27. The lowest BCUT2D eigenvalue weighted by Gasteiger charge is -2.17. The molecule has 76 valence electrons. The minimum Gasteiger partial charge on any atom is -0.249 e. The van der Waals surface area contributed by atoms with E-state index in [4.69, 9.17) is 0 Å². The molecule has 1 aromatic carbocycles. The van der Waals surface area contributed by atoms with Crippen molar-refractivity contribution in [2.45, 2.75) is 6.42 Å². The van der Waals surface area contributed by atoms with Gasteiger partial charge in [-0.2, -0.15) is 4.36 Å². The minimum atomic E-state index is -2.18. The number of hydrogen-bond acceptors (Lipinski definition) is 2. The van der Waals surface area contributed by atoms with Crippen LogP contribution in [0.4, 0.5) is 14.5 Å². The maximum absolute atomic E-state index is 12.7. The van der Waals surface area contributed by atoms with Gasteiger partial charge in [-0.15, -0.1) is 0 Å². The van der Waals surface area contributed by atoms with Crippen molar-refractivity contribution in [1.82, 2.24) is 0 Å². The van der Waals surface area contributed by atoms with Crippen LogP contribution in [-0.2, 0) is 9.73 Å². The number of halogens is 2. The topological polar surface area (TPSA) is 29.4 Å². The van der Waals surface area contributed by atoms with Crippen molar-refractivity contribution >= 4 is 15.4 Å². The Morgan fingerprint density at radius 3 is 2.14 bits per heavy atom. The molecule has 0 aromatic heterocycles. The number of nitrogens with zero attached hydrogens (tertiary/aromatic N) is 1. The molecule has 5 heteroatoms. The molecule has 1 aliphatic rings. The Kier molecular flexibility index (Phi) is 2.26. The molecule has 0 unspecified atom stereocenters. The maximum atomic E-state index is 12.7. The predicted octanol–water partition coefficient (Wildman–Crippen LogP) is 2.47. The highest BCUT2D eigenvalue weighted by molar-refractivity contribution is 7.95. The second-order valence-electron chi connectivity index (χ2n) is 3.25. The van der Waals surface area contributed by atoms with Gasteiger partial charge in [0.1, 0.15) is 11.6 Å². The summed E-state index contributed by atoms with van der Waals surface area (Å²) in [5.41, 5.74) is 0.132. The van der Waals surface area contributed by atoms with Crippen molar-refractivity contribution in [3.63, 3.8) is 0 Å². The summed E-state index contributed by atoms with van der Waals surface area (Å²) < 4.78 is 41.0. The second-order valence-corrected chi connectivity index (χ2v) is 5.80. The van der Waals surface area contributed by atoms with E-state index in [0.29, 0.717) is 11.5 Å². The lowest BCUT2D eigenvalue weighted by molar-refractivity contribution is 0.584. The Labute approximate surface area is 81.1 Å². The maximum Gasteiger partial charge on any atom is 0.128 e. The third-order valence-corrected chi connectivity index (χ3v) is 4.44. The molecule has 1 aliphatic heterocycles. The summed E-state index contributed by atoms with van der Waals surface area (Å²) in [6, 6.07) is 2.95. The molecule has 14 heavy (non-hydrogen) atoms. The van der Waals surface area contributed by atoms with E-state index in [9.17, 15) is 13.0 Å². The predicted molar refractivity (Wildman–Crippen MR) is 50.9 cm³/mol. The fourth-order valence-corrected chi connectivity index (χ4v) is 2.72. The molecule has 0 radical (unpaired) electrons. The standard InChI is InChI=1S/C9H9F2NOS/c10-7-4-8(11)6-9(5-7)12-14(13)2-1-3-14/h4-6H,1-3H2. The average molecular weight is 217 g/mol. The summed E-state index contributed by atoms with van der Waals surface area (Å²) in [4.78, 5) is 0. The third-order valence-electron chi connectivity index (χ3n) is 2.05. The Morgan fingerprint density at radius 2 is 1.71 bits per heavy atom. The van der Waals surface area contributed by atoms with Gasteiger partial charge in [0.25, 0.3) is 0 Å². The quantitative estimate of drug-likeness (QED) is 0.710. The van der Waals surface area contributed by atoms with Gasteiger partial charge in [0.2, 0.25) is 0 Å². The third kappa shape index (κ3) is 1.92. The van der Waals surface area contributed by atoms with Gasteiger partial charge in [-0.25, -0.2) is 13.0 Å². The zero-order chi connectivity index (χ0) is 10.2. The van der Waals surface area contributed by atoms with E-state index in [0.717, 1.165) is 24.6 Å². The number of hydrogen-bond donors (Lipinski definition) is 0. The van der Waals surface area contributed by atoms with Crippen LogP contribution in [0.3, 0.4) is 0 Å². The Hall–Kier alpha value is -0.970. The molecule has 0 amide bonds. The molecule has 2 rings (SSSR count). The van der Waals surface area contributed by atoms with Crippen molar-refractivity contribution < 1.29 is 13.0 Å². The monoisotopic (exact) mass is 217 g/mol. The van der Waals surface area contributed by atoms with Crippen LogP contribution in [0.15, 0.2) is 22.6 Å². The molecule has 0 spiro atoms. The van der Waals surface area contributed by atoms with E-state index in [-0.39, 0.29) is 5.69 Å². The highest BCUT2D eigenvalue weighted by Crippen LogP contribution is 2.22. The summed E-state index contributed by atoms with van der Waals surface area (Å²) in [6.07, 6.45) is 0.875. The van der Waals surface area contributed by atoms with Crippen LogP contribution in [0.25, 0.3) is 0 Å². The fraction of sp³-hybridized carbons (Fsp3) is 0.333. The summed E-state index contributed by atoms with van der Waals surface area (Å²) in [6.45, 7) is 0. The number of benzene rings is 1. The van der Waals surface area contributed by atoms with Crippen LogP contribution in [-0.4, -0.2) is 15.7 Å². The van der Waals surface area contributed by atoms with E-state index in [1.165, 1.54) is 0 Å². The molecule has 0 atom stereocenters. The van der Waals surface area contributed by atoms with Crippen LogP contribution in [0.1, 0.15) is 6.42 Å². The molecule has 0 bridgehead atoms. The normalized spacial score (nSPS) is 18.7. The van der Waals surface area contributed by atoms with E-state index in [2.05, 4.69) is 4.36 Å². The van der Waals surface area contributed by atoms with Crippen LogP contribution in [0.5, 0.6) is 0 Å². The largest absolute Gasteiger partial charge is 0.249 e. The Balaban J connectivity index is 2.43. The van der Waals surface area contributed by atoms with E-state index >= 15 is 0 Å². The second kappa shape index (κ2) is 3.31. The van der Waals surface area contributed by atoms with Crippen molar-refractivity contribution in [3.05, 3.63) is 29.8 Å². The first kappa shape index (κ1) is 9.58. The first-order valence-corrected chi connectivity index (χ1v) is 6.11. The molecule has 0 aliphatic carbocycles. The smallest absolute Gasteiger partial charge is 0.128 e. The molecule has 1 fully saturated rings. The van der Waals surface area contributed by atoms with E-state index in [1.54, 1.807) is 0 Å². The van der Waals surface area contributed by atoms with E-state index in [1.807, 2.05) is 0 Å². The van der Waals surface area contributed by atoms with E-state index < -0.39 is 21.4 Å². The van der Waals surface area contributed by atoms with Crippen LogP contribution < -0.4 is 0 Å². The van der Waals surface area contributed by atoms with Gasteiger partial charge in [0, 0.05) is 29.7 Å². The van der Waals surface area contributed by atoms with Gasteiger partial charge in [-0.3, -0.25) is 0 Å². The van der Waals surface area contributed by atoms with Crippen LogP contribution >= 0.6 is 0 Å². The van der Waals surface area contributed by atoms with Crippen molar-refractivity contribution in [1.29, 1.82) is 0 Å².